The topological polar surface area (TPSA) is 72.2 Å². The van der Waals surface area contributed by atoms with E-state index in [0.717, 1.165) is 6.42 Å². The summed E-state index contributed by atoms with van der Waals surface area (Å²) in [5.74, 6) is -1.20. The number of hydrogen-bond acceptors (Lipinski definition) is 3. The van der Waals surface area contributed by atoms with Crippen LogP contribution in [0.4, 0.5) is 0 Å². The first kappa shape index (κ1) is 11.4. The lowest BCUT2D eigenvalue weighted by Gasteiger charge is -2.06. The molecule has 0 amide bonds. The molecule has 82 valence electrons. The van der Waals surface area contributed by atoms with Gasteiger partial charge in [0.15, 0.2) is 0 Å². The molecule has 5 heteroatoms. The quantitative estimate of drug-likeness (QED) is 0.801. The number of carboxylic acid groups (broad SMARTS) is 1. The monoisotopic (exact) mass is 210 g/mol. The van der Waals surface area contributed by atoms with Crippen LogP contribution in [0.25, 0.3) is 0 Å². The van der Waals surface area contributed by atoms with E-state index in [1.165, 1.54) is 10.9 Å². The molecule has 0 radical (unpaired) electrons. The second-order valence-corrected chi connectivity index (χ2v) is 3.21. The molecule has 5 nitrogen and oxygen atoms in total. The van der Waals surface area contributed by atoms with Gasteiger partial charge in [-0.2, -0.15) is 0 Å². The molecule has 1 N–H and O–H groups in total. The van der Waals surface area contributed by atoms with E-state index < -0.39 is 11.5 Å². The van der Waals surface area contributed by atoms with E-state index in [9.17, 15) is 9.59 Å². The van der Waals surface area contributed by atoms with E-state index in [0.29, 0.717) is 18.7 Å². The van der Waals surface area contributed by atoms with Crippen molar-refractivity contribution in [2.75, 3.05) is 0 Å². The molecule has 0 fully saturated rings. The number of nitrogens with zero attached hydrogens (tertiary/aromatic N) is 2. The zero-order valence-electron chi connectivity index (χ0n) is 8.86. The maximum atomic E-state index is 11.7. The van der Waals surface area contributed by atoms with Crippen molar-refractivity contribution in [3.8, 4) is 0 Å². The van der Waals surface area contributed by atoms with Gasteiger partial charge in [-0.25, -0.2) is 9.78 Å². The van der Waals surface area contributed by atoms with Gasteiger partial charge >= 0.3 is 5.97 Å². The maximum Gasteiger partial charge on any atom is 0.343 e. The lowest BCUT2D eigenvalue weighted by atomic mass is 10.1. The van der Waals surface area contributed by atoms with Crippen LogP contribution in [0.2, 0.25) is 0 Å². The van der Waals surface area contributed by atoms with E-state index in [2.05, 4.69) is 4.98 Å². The van der Waals surface area contributed by atoms with Crippen LogP contribution >= 0.6 is 0 Å². The summed E-state index contributed by atoms with van der Waals surface area (Å²) >= 11 is 0. The fourth-order valence-corrected chi connectivity index (χ4v) is 1.39. The van der Waals surface area contributed by atoms with Crippen molar-refractivity contribution in [2.45, 2.75) is 33.2 Å². The average Bonchev–Trinajstić information content (AvgIpc) is 2.18. The van der Waals surface area contributed by atoms with Gasteiger partial charge in [0.25, 0.3) is 5.56 Å². The van der Waals surface area contributed by atoms with Crippen LogP contribution in [-0.4, -0.2) is 20.6 Å². The van der Waals surface area contributed by atoms with Crippen LogP contribution in [-0.2, 0) is 13.0 Å². The minimum Gasteiger partial charge on any atom is -0.477 e. The molecule has 0 aliphatic carbocycles. The van der Waals surface area contributed by atoms with Gasteiger partial charge in [-0.15, -0.1) is 0 Å². The van der Waals surface area contributed by atoms with Crippen molar-refractivity contribution in [1.29, 1.82) is 0 Å². The highest BCUT2D eigenvalue weighted by atomic mass is 16.4. The SMILES string of the molecule is CCCc1ncn(CC)c(=O)c1C(=O)O. The van der Waals surface area contributed by atoms with Gasteiger partial charge in [0.2, 0.25) is 0 Å². The van der Waals surface area contributed by atoms with Crippen LogP contribution in [0.15, 0.2) is 11.1 Å². The highest BCUT2D eigenvalue weighted by Gasteiger charge is 2.17. The summed E-state index contributed by atoms with van der Waals surface area (Å²) in [6, 6.07) is 0. The van der Waals surface area contributed by atoms with E-state index in [-0.39, 0.29) is 5.56 Å². The number of rotatable bonds is 4. The molecule has 0 aliphatic heterocycles. The first-order valence-corrected chi connectivity index (χ1v) is 4.93. The highest BCUT2D eigenvalue weighted by Crippen LogP contribution is 2.03. The predicted octanol–water partition coefficient (Wildman–Crippen LogP) is 0.914. The van der Waals surface area contributed by atoms with Crippen LogP contribution in [0.1, 0.15) is 36.3 Å². The number of carboxylic acids is 1. The third-order valence-corrected chi connectivity index (χ3v) is 2.16. The van der Waals surface area contributed by atoms with Gasteiger partial charge in [-0.05, 0) is 13.3 Å². The van der Waals surface area contributed by atoms with E-state index >= 15 is 0 Å². The molecule has 0 bridgehead atoms. The Morgan fingerprint density at radius 2 is 2.20 bits per heavy atom. The van der Waals surface area contributed by atoms with Gasteiger partial charge in [0.05, 0.1) is 12.0 Å². The zero-order chi connectivity index (χ0) is 11.4. The Labute approximate surface area is 87.4 Å². The van der Waals surface area contributed by atoms with Gasteiger partial charge in [-0.3, -0.25) is 9.36 Å². The molecule has 0 atom stereocenters. The van der Waals surface area contributed by atoms with Gasteiger partial charge in [0, 0.05) is 6.54 Å². The van der Waals surface area contributed by atoms with Crippen molar-refractivity contribution in [2.24, 2.45) is 0 Å². The second kappa shape index (κ2) is 4.72. The van der Waals surface area contributed by atoms with Crippen molar-refractivity contribution in [1.82, 2.24) is 9.55 Å². The third kappa shape index (κ3) is 2.23. The molecule has 1 aromatic heterocycles. The van der Waals surface area contributed by atoms with Crippen molar-refractivity contribution >= 4 is 5.97 Å². The first-order valence-electron chi connectivity index (χ1n) is 4.93. The summed E-state index contributed by atoms with van der Waals surface area (Å²) in [7, 11) is 0. The normalized spacial score (nSPS) is 10.3. The van der Waals surface area contributed by atoms with Crippen molar-refractivity contribution < 1.29 is 9.90 Å². The molecular weight excluding hydrogens is 196 g/mol. The van der Waals surface area contributed by atoms with Crippen molar-refractivity contribution in [3.05, 3.63) is 27.9 Å². The predicted molar refractivity (Wildman–Crippen MR) is 55.1 cm³/mol. The molecular formula is C10H14N2O3. The Morgan fingerprint density at radius 1 is 1.53 bits per heavy atom. The number of aryl methyl sites for hydroxylation is 2. The molecule has 0 spiro atoms. The molecule has 0 saturated heterocycles. The van der Waals surface area contributed by atoms with Gasteiger partial charge < -0.3 is 5.11 Å². The summed E-state index contributed by atoms with van der Waals surface area (Å²) < 4.78 is 1.29. The lowest BCUT2D eigenvalue weighted by Crippen LogP contribution is -2.28. The Bertz CT molecular complexity index is 423. The molecule has 0 unspecified atom stereocenters. The first-order chi connectivity index (χ1) is 7.11. The lowest BCUT2D eigenvalue weighted by molar-refractivity contribution is 0.0692. The molecule has 0 saturated carbocycles. The largest absolute Gasteiger partial charge is 0.477 e. The molecule has 1 aromatic rings. The number of aromatic nitrogens is 2. The standard InChI is InChI=1S/C10H14N2O3/c1-3-5-7-8(10(14)15)9(13)12(4-2)6-11-7/h6H,3-5H2,1-2H3,(H,14,15). The highest BCUT2D eigenvalue weighted by molar-refractivity contribution is 5.88. The Balaban J connectivity index is 3.38. The summed E-state index contributed by atoms with van der Waals surface area (Å²) in [4.78, 5) is 26.6. The molecule has 1 heterocycles. The molecule has 15 heavy (non-hydrogen) atoms. The van der Waals surface area contributed by atoms with E-state index in [1.807, 2.05) is 6.92 Å². The van der Waals surface area contributed by atoms with Crippen LogP contribution in [0, 0.1) is 0 Å². The zero-order valence-corrected chi connectivity index (χ0v) is 8.86. The van der Waals surface area contributed by atoms with E-state index in [4.69, 9.17) is 5.11 Å². The van der Waals surface area contributed by atoms with Crippen LogP contribution < -0.4 is 5.56 Å². The van der Waals surface area contributed by atoms with Crippen LogP contribution in [0.3, 0.4) is 0 Å². The minimum absolute atomic E-state index is 0.193. The van der Waals surface area contributed by atoms with Crippen molar-refractivity contribution in [3.63, 3.8) is 0 Å². The molecule has 0 aromatic carbocycles. The number of carbonyl (C=O) groups is 1. The number of aromatic carboxylic acids is 1. The Morgan fingerprint density at radius 3 is 2.67 bits per heavy atom. The molecule has 0 aliphatic rings. The average molecular weight is 210 g/mol. The second-order valence-electron chi connectivity index (χ2n) is 3.21. The van der Waals surface area contributed by atoms with Gasteiger partial charge in [-0.1, -0.05) is 13.3 Å². The fraction of sp³-hybridized carbons (Fsp3) is 0.500. The maximum absolute atomic E-state index is 11.7. The smallest absolute Gasteiger partial charge is 0.343 e. The van der Waals surface area contributed by atoms with Gasteiger partial charge in [0.1, 0.15) is 5.56 Å². The Hall–Kier alpha value is -1.65. The minimum atomic E-state index is -1.20. The van der Waals surface area contributed by atoms with E-state index in [1.54, 1.807) is 6.92 Å². The van der Waals surface area contributed by atoms with Crippen LogP contribution in [0.5, 0.6) is 0 Å². The fourth-order valence-electron chi connectivity index (χ4n) is 1.39. The molecule has 1 rings (SSSR count). The summed E-state index contributed by atoms with van der Waals surface area (Å²) in [5.41, 5.74) is -0.288. The number of hydrogen-bond donors (Lipinski definition) is 1. The Kier molecular flexibility index (Phi) is 3.60. The summed E-state index contributed by atoms with van der Waals surface area (Å²) in [5, 5.41) is 8.94. The summed E-state index contributed by atoms with van der Waals surface area (Å²) in [6.07, 6.45) is 2.68. The third-order valence-electron chi connectivity index (χ3n) is 2.16. The summed E-state index contributed by atoms with van der Waals surface area (Å²) in [6.45, 7) is 4.12.